The molecule has 0 bridgehead atoms. The van der Waals surface area contributed by atoms with Crippen molar-refractivity contribution < 1.29 is 9.00 Å². The molecule has 0 saturated carbocycles. The monoisotopic (exact) mass is 481 g/mol. The van der Waals surface area contributed by atoms with E-state index in [1.165, 1.54) is 17.6 Å². The van der Waals surface area contributed by atoms with Gasteiger partial charge in [0.15, 0.2) is 0 Å². The molecule has 0 radical (unpaired) electrons. The first-order chi connectivity index (χ1) is 16.0. The molecule has 0 aromatic heterocycles. The summed E-state index contributed by atoms with van der Waals surface area (Å²) >= 11 is 0. The van der Waals surface area contributed by atoms with Gasteiger partial charge in [0.25, 0.3) is 5.91 Å². The van der Waals surface area contributed by atoms with Crippen molar-refractivity contribution in [2.24, 2.45) is 9.50 Å². The minimum absolute atomic E-state index is 0.104. The average Bonchev–Trinajstić information content (AvgIpc) is 3.28. The molecule has 0 aliphatic heterocycles. The molecule has 5 nitrogen and oxygen atoms in total. The smallest absolute Gasteiger partial charge is 0.259 e. The summed E-state index contributed by atoms with van der Waals surface area (Å²) in [6.07, 6.45) is 5.86. The van der Waals surface area contributed by atoms with E-state index in [4.69, 9.17) is 5.14 Å². The third kappa shape index (κ3) is 6.44. The molecule has 3 rings (SSSR count). The Kier molecular flexibility index (Phi) is 8.50. The van der Waals surface area contributed by atoms with Crippen molar-refractivity contribution in [3.8, 4) is 0 Å². The van der Waals surface area contributed by atoms with Crippen LogP contribution >= 0.6 is 0 Å². The van der Waals surface area contributed by atoms with Crippen molar-refractivity contribution in [1.29, 1.82) is 0 Å². The maximum absolute atomic E-state index is 13.2. The lowest BCUT2D eigenvalue weighted by Crippen LogP contribution is -2.17. The number of hydrogen-bond acceptors (Lipinski definition) is 3. The lowest BCUT2D eigenvalue weighted by Gasteiger charge is -2.21. The van der Waals surface area contributed by atoms with Gasteiger partial charge in [-0.2, -0.15) is 0 Å². The predicted molar refractivity (Wildman–Crippen MR) is 142 cm³/mol. The van der Waals surface area contributed by atoms with Crippen molar-refractivity contribution in [2.75, 3.05) is 14.1 Å². The van der Waals surface area contributed by atoms with Gasteiger partial charge in [0.1, 0.15) is 9.92 Å². The van der Waals surface area contributed by atoms with E-state index >= 15 is 0 Å². The Morgan fingerprint density at radius 1 is 1.06 bits per heavy atom. The molecular formula is C28H39N3O2S. The summed E-state index contributed by atoms with van der Waals surface area (Å²) in [6.45, 7) is 9.37. The molecule has 1 aliphatic rings. The van der Waals surface area contributed by atoms with Gasteiger partial charge in [-0.25, -0.2) is 9.35 Å². The van der Waals surface area contributed by atoms with Gasteiger partial charge < -0.3 is 4.90 Å². The number of rotatable bonds is 8. The van der Waals surface area contributed by atoms with Crippen molar-refractivity contribution in [1.82, 2.24) is 4.90 Å². The van der Waals surface area contributed by atoms with E-state index in [2.05, 4.69) is 55.2 Å². The van der Waals surface area contributed by atoms with E-state index in [-0.39, 0.29) is 18.3 Å². The highest BCUT2D eigenvalue weighted by molar-refractivity contribution is 7.91. The molecule has 0 fully saturated rings. The van der Waals surface area contributed by atoms with Crippen LogP contribution in [0.2, 0.25) is 0 Å². The predicted octanol–water partition coefficient (Wildman–Crippen LogP) is 6.03. The van der Waals surface area contributed by atoms with Crippen LogP contribution < -0.4 is 5.14 Å². The Labute approximate surface area is 205 Å². The fraction of sp³-hybridized carbons (Fsp3) is 0.464. The molecular weight excluding hydrogens is 442 g/mol. The highest BCUT2D eigenvalue weighted by Gasteiger charge is 2.21. The average molecular weight is 482 g/mol. The number of hydrogen-bond donors (Lipinski definition) is 1. The Hall–Kier alpha value is -2.28. The molecule has 0 heterocycles. The zero-order valence-electron chi connectivity index (χ0n) is 21.4. The number of carbonyl (C=O) groups is 1. The number of amides is 1. The molecule has 0 spiro atoms. The quantitative estimate of drug-likeness (QED) is 0.500. The van der Waals surface area contributed by atoms with Crippen LogP contribution in [0.1, 0.15) is 86.6 Å². The van der Waals surface area contributed by atoms with Gasteiger partial charge in [0, 0.05) is 6.54 Å². The highest BCUT2D eigenvalue weighted by atomic mass is 32.2. The number of benzene rings is 2. The molecule has 0 saturated heterocycles. The lowest BCUT2D eigenvalue weighted by molar-refractivity contribution is -0.117. The lowest BCUT2D eigenvalue weighted by atomic mass is 9.84. The standard InChI is InChI=1S/C28H39N3O2S/c1-19(2)25-15-23(22-9-7-8-10-22)16-26(20(3)4)27(25)17-28(32)30-34(29,33)24-13-11-21(12-14-24)18-31(5)6/h9,11-16,19-20H,7-8,10,17-18H2,1-6H3,(H2,29,30,32,33). The molecule has 2 aromatic carbocycles. The van der Waals surface area contributed by atoms with Crippen LogP contribution in [0.4, 0.5) is 0 Å². The Bertz CT molecular complexity index is 1160. The molecule has 2 N–H and O–H groups in total. The van der Waals surface area contributed by atoms with Crippen molar-refractivity contribution in [3.63, 3.8) is 0 Å². The van der Waals surface area contributed by atoms with Crippen LogP contribution in [0.15, 0.2) is 51.7 Å². The number of nitrogens with zero attached hydrogens (tertiary/aromatic N) is 2. The minimum atomic E-state index is -3.31. The van der Waals surface area contributed by atoms with E-state index in [9.17, 15) is 9.00 Å². The fourth-order valence-electron chi connectivity index (χ4n) is 4.61. The molecule has 1 amide bonds. The van der Waals surface area contributed by atoms with Gasteiger partial charge in [-0.3, -0.25) is 4.79 Å². The molecule has 1 atom stereocenters. The first-order valence-electron chi connectivity index (χ1n) is 12.2. The summed E-state index contributed by atoms with van der Waals surface area (Å²) in [7, 11) is 0.667. The van der Waals surface area contributed by atoms with Crippen LogP contribution in [-0.4, -0.2) is 29.1 Å². The van der Waals surface area contributed by atoms with Crippen LogP contribution in [0, 0.1) is 0 Å². The van der Waals surface area contributed by atoms with E-state index in [0.717, 1.165) is 41.6 Å². The zero-order chi connectivity index (χ0) is 25.0. The first-order valence-corrected chi connectivity index (χ1v) is 13.7. The second-order valence-electron chi connectivity index (χ2n) is 10.2. The largest absolute Gasteiger partial charge is 0.305 e. The van der Waals surface area contributed by atoms with Gasteiger partial charge in [-0.15, -0.1) is 4.36 Å². The van der Waals surface area contributed by atoms with E-state index < -0.39 is 15.8 Å². The third-order valence-electron chi connectivity index (χ3n) is 6.30. The molecule has 1 unspecified atom stereocenters. The Morgan fingerprint density at radius 2 is 1.65 bits per heavy atom. The summed E-state index contributed by atoms with van der Waals surface area (Å²) in [5.74, 6) is 0.0731. The van der Waals surface area contributed by atoms with Crippen LogP contribution in [0.5, 0.6) is 0 Å². The summed E-state index contributed by atoms with van der Waals surface area (Å²) in [5, 5.41) is 6.07. The fourth-order valence-corrected chi connectivity index (χ4v) is 5.61. The van der Waals surface area contributed by atoms with E-state index in [0.29, 0.717) is 4.90 Å². The summed E-state index contributed by atoms with van der Waals surface area (Å²) in [6, 6.07) is 11.7. The van der Waals surface area contributed by atoms with E-state index in [1.54, 1.807) is 12.1 Å². The van der Waals surface area contributed by atoms with Crippen molar-refractivity contribution >= 4 is 21.4 Å². The maximum atomic E-state index is 13.2. The first kappa shape index (κ1) is 26.3. The van der Waals surface area contributed by atoms with Gasteiger partial charge in [-0.1, -0.05) is 58.0 Å². The molecule has 34 heavy (non-hydrogen) atoms. The minimum Gasteiger partial charge on any atom is -0.305 e. The van der Waals surface area contributed by atoms with Crippen molar-refractivity contribution in [2.45, 2.75) is 76.7 Å². The second kappa shape index (κ2) is 11.0. The molecule has 184 valence electrons. The molecule has 1 aliphatic carbocycles. The summed E-state index contributed by atoms with van der Waals surface area (Å²) in [5.41, 5.74) is 7.06. The maximum Gasteiger partial charge on any atom is 0.259 e. The number of carbonyl (C=O) groups excluding carboxylic acids is 1. The topological polar surface area (TPSA) is 75.8 Å². The highest BCUT2D eigenvalue weighted by Crippen LogP contribution is 2.35. The van der Waals surface area contributed by atoms with Gasteiger partial charge in [-0.05, 0) is 90.7 Å². The zero-order valence-corrected chi connectivity index (χ0v) is 22.2. The normalized spacial score (nSPS) is 15.6. The molecule has 2 aromatic rings. The van der Waals surface area contributed by atoms with Crippen molar-refractivity contribution in [3.05, 3.63) is 70.3 Å². The third-order valence-corrected chi connectivity index (χ3v) is 7.72. The number of nitrogens with two attached hydrogens (primary N) is 1. The van der Waals surface area contributed by atoms with Gasteiger partial charge in [0.05, 0.1) is 11.3 Å². The summed E-state index contributed by atoms with van der Waals surface area (Å²) < 4.78 is 17.2. The SMILES string of the molecule is CC(C)c1cc(C2=CCCC2)cc(C(C)C)c1CC(=O)N=S(N)(=O)c1ccc(CN(C)C)cc1. The Morgan fingerprint density at radius 3 is 2.12 bits per heavy atom. The Balaban J connectivity index is 1.95. The van der Waals surface area contributed by atoms with Crippen LogP contribution in [-0.2, 0) is 27.7 Å². The van der Waals surface area contributed by atoms with Gasteiger partial charge >= 0.3 is 0 Å². The van der Waals surface area contributed by atoms with Gasteiger partial charge in [0.2, 0.25) is 0 Å². The second-order valence-corrected chi connectivity index (χ2v) is 12.0. The van der Waals surface area contributed by atoms with Crippen LogP contribution in [0.3, 0.4) is 0 Å². The summed E-state index contributed by atoms with van der Waals surface area (Å²) in [4.78, 5) is 15.5. The van der Waals surface area contributed by atoms with Crippen LogP contribution in [0.25, 0.3) is 5.57 Å². The molecule has 6 heteroatoms. The van der Waals surface area contributed by atoms with E-state index in [1.807, 2.05) is 26.2 Å². The number of allylic oxidation sites excluding steroid dienone is 2.